The van der Waals surface area contributed by atoms with E-state index in [2.05, 4.69) is 5.32 Å². The predicted octanol–water partition coefficient (Wildman–Crippen LogP) is 4.53. The largest absolute Gasteiger partial charge is 0.459 e. The Balaban J connectivity index is 2.14. The molecule has 0 aliphatic carbocycles. The number of halogens is 2. The van der Waals surface area contributed by atoms with Gasteiger partial charge in [-0.05, 0) is 31.3 Å². The lowest BCUT2D eigenvalue weighted by Gasteiger charge is -2.16. The average Bonchev–Trinajstić information content (AvgIpc) is 2.86. The Hall–Kier alpha value is -1.84. The van der Waals surface area contributed by atoms with Gasteiger partial charge in [0, 0.05) is 16.0 Å². The van der Waals surface area contributed by atoms with Crippen molar-refractivity contribution in [2.24, 2.45) is 0 Å². The summed E-state index contributed by atoms with van der Waals surface area (Å²) in [6, 6.07) is 13.8. The first-order valence-electron chi connectivity index (χ1n) is 6.30. The molecule has 0 aliphatic rings. The second kappa shape index (κ2) is 5.27. The van der Waals surface area contributed by atoms with E-state index < -0.39 is 6.04 Å². The van der Waals surface area contributed by atoms with Gasteiger partial charge in [0.2, 0.25) is 0 Å². The van der Waals surface area contributed by atoms with Gasteiger partial charge in [-0.2, -0.15) is 0 Å². The minimum atomic E-state index is -0.420. The van der Waals surface area contributed by atoms with Crippen LogP contribution in [0.2, 0.25) is 5.02 Å². The zero-order valence-corrected chi connectivity index (χ0v) is 11.6. The highest BCUT2D eigenvalue weighted by Crippen LogP contribution is 2.33. The maximum Gasteiger partial charge on any atom is 0.134 e. The van der Waals surface area contributed by atoms with Crippen molar-refractivity contribution in [1.29, 1.82) is 0 Å². The lowest BCUT2D eigenvalue weighted by atomic mass is 10.0. The van der Waals surface area contributed by atoms with Crippen LogP contribution in [0, 0.1) is 5.82 Å². The molecule has 20 heavy (non-hydrogen) atoms. The lowest BCUT2D eigenvalue weighted by molar-refractivity contribution is 0.476. The summed E-state index contributed by atoms with van der Waals surface area (Å²) in [6.07, 6.45) is 0. The Bertz CT molecular complexity index is 700. The van der Waals surface area contributed by atoms with E-state index >= 15 is 0 Å². The fourth-order valence-electron chi connectivity index (χ4n) is 2.36. The topological polar surface area (TPSA) is 25.2 Å². The van der Waals surface area contributed by atoms with Crippen LogP contribution >= 0.6 is 11.6 Å². The van der Waals surface area contributed by atoms with E-state index in [0.29, 0.717) is 16.3 Å². The van der Waals surface area contributed by atoms with Crippen molar-refractivity contribution in [3.63, 3.8) is 0 Å². The van der Waals surface area contributed by atoms with Crippen molar-refractivity contribution in [3.8, 4) is 0 Å². The number of nitrogens with one attached hydrogen (secondary N) is 1. The Morgan fingerprint density at radius 3 is 2.65 bits per heavy atom. The third-order valence-corrected chi connectivity index (χ3v) is 3.64. The molecular weight excluding hydrogens is 277 g/mol. The Morgan fingerprint density at radius 1 is 1.15 bits per heavy atom. The molecule has 0 fully saturated rings. The van der Waals surface area contributed by atoms with E-state index in [4.69, 9.17) is 16.0 Å². The number of fused-ring (bicyclic) bond motifs is 1. The van der Waals surface area contributed by atoms with Crippen LogP contribution in [0.1, 0.15) is 17.4 Å². The van der Waals surface area contributed by atoms with Crippen LogP contribution in [0.5, 0.6) is 0 Å². The van der Waals surface area contributed by atoms with E-state index in [0.717, 1.165) is 11.0 Å². The molecule has 0 aliphatic heterocycles. The summed E-state index contributed by atoms with van der Waals surface area (Å²) in [5, 5.41) is 4.42. The first-order valence-corrected chi connectivity index (χ1v) is 6.68. The van der Waals surface area contributed by atoms with E-state index in [-0.39, 0.29) is 5.82 Å². The third kappa shape index (κ3) is 2.19. The molecule has 1 aromatic heterocycles. The minimum Gasteiger partial charge on any atom is -0.459 e. The number of furan rings is 1. The summed E-state index contributed by atoms with van der Waals surface area (Å²) in [5.41, 5.74) is 1.17. The van der Waals surface area contributed by atoms with Gasteiger partial charge < -0.3 is 9.73 Å². The number of rotatable bonds is 3. The second-order valence-electron chi connectivity index (χ2n) is 4.54. The third-order valence-electron chi connectivity index (χ3n) is 3.31. The number of benzene rings is 2. The highest BCUT2D eigenvalue weighted by Gasteiger charge is 2.22. The molecule has 102 valence electrons. The molecule has 1 atom stereocenters. The summed E-state index contributed by atoms with van der Waals surface area (Å²) in [5.74, 6) is 0.290. The van der Waals surface area contributed by atoms with Crippen LogP contribution in [-0.4, -0.2) is 7.05 Å². The van der Waals surface area contributed by atoms with Crippen LogP contribution in [0.15, 0.2) is 52.9 Å². The molecule has 1 heterocycles. The van der Waals surface area contributed by atoms with E-state index in [9.17, 15) is 4.39 Å². The molecule has 3 rings (SSSR count). The lowest BCUT2D eigenvalue weighted by Crippen LogP contribution is -2.18. The first-order chi connectivity index (χ1) is 9.70. The van der Waals surface area contributed by atoms with Crippen LogP contribution in [0.4, 0.5) is 4.39 Å². The zero-order chi connectivity index (χ0) is 14.1. The van der Waals surface area contributed by atoms with Gasteiger partial charge >= 0.3 is 0 Å². The first kappa shape index (κ1) is 13.2. The fourth-order valence-corrected chi connectivity index (χ4v) is 2.63. The van der Waals surface area contributed by atoms with Crippen molar-refractivity contribution in [3.05, 3.63) is 70.7 Å². The molecule has 0 saturated carbocycles. The van der Waals surface area contributed by atoms with Crippen molar-refractivity contribution in [2.75, 3.05) is 7.05 Å². The van der Waals surface area contributed by atoms with E-state index in [1.54, 1.807) is 19.2 Å². The predicted molar refractivity (Wildman–Crippen MR) is 78.5 cm³/mol. The van der Waals surface area contributed by atoms with Crippen molar-refractivity contribution >= 4 is 22.6 Å². The van der Waals surface area contributed by atoms with Crippen molar-refractivity contribution in [1.82, 2.24) is 5.32 Å². The Morgan fingerprint density at radius 2 is 1.95 bits per heavy atom. The van der Waals surface area contributed by atoms with Gasteiger partial charge in [-0.25, -0.2) is 4.39 Å². The van der Waals surface area contributed by atoms with Crippen LogP contribution in [-0.2, 0) is 0 Å². The highest BCUT2D eigenvalue weighted by molar-refractivity contribution is 6.31. The van der Waals surface area contributed by atoms with Crippen molar-refractivity contribution in [2.45, 2.75) is 6.04 Å². The maximum atomic E-state index is 14.1. The van der Waals surface area contributed by atoms with E-state index in [1.807, 2.05) is 30.3 Å². The van der Waals surface area contributed by atoms with Gasteiger partial charge in [-0.3, -0.25) is 0 Å². The molecule has 3 aromatic rings. The van der Waals surface area contributed by atoms with Gasteiger partial charge in [-0.1, -0.05) is 35.9 Å². The quantitative estimate of drug-likeness (QED) is 0.766. The van der Waals surface area contributed by atoms with Crippen LogP contribution in [0.3, 0.4) is 0 Å². The minimum absolute atomic E-state index is 0.350. The fraction of sp³-hybridized carbons (Fsp3) is 0.125. The molecule has 2 aromatic carbocycles. The molecule has 0 amide bonds. The molecule has 0 saturated heterocycles. The summed E-state index contributed by atoms with van der Waals surface area (Å²) < 4.78 is 19.9. The smallest absolute Gasteiger partial charge is 0.134 e. The van der Waals surface area contributed by atoms with Gasteiger partial charge in [0.1, 0.15) is 17.2 Å². The standard InChI is InChI=1S/C16H13ClFNO/c1-19-16(15-11(17)6-4-7-12(15)18)14-9-10-5-2-3-8-13(10)20-14/h2-9,16,19H,1H3. The maximum absolute atomic E-state index is 14.1. The second-order valence-corrected chi connectivity index (χ2v) is 4.95. The molecule has 0 radical (unpaired) electrons. The summed E-state index contributed by atoms with van der Waals surface area (Å²) in [7, 11) is 1.75. The normalized spacial score (nSPS) is 12.8. The molecule has 4 heteroatoms. The molecule has 1 N–H and O–H groups in total. The Kier molecular flexibility index (Phi) is 3.47. The SMILES string of the molecule is CNC(c1cc2ccccc2o1)c1c(F)cccc1Cl. The van der Waals surface area contributed by atoms with Crippen LogP contribution < -0.4 is 5.32 Å². The Labute approximate surface area is 121 Å². The summed E-state index contributed by atoms with van der Waals surface area (Å²) >= 11 is 6.13. The average molecular weight is 290 g/mol. The summed E-state index contributed by atoms with van der Waals surface area (Å²) in [4.78, 5) is 0. The highest BCUT2D eigenvalue weighted by atomic mass is 35.5. The van der Waals surface area contributed by atoms with Gasteiger partial charge in [-0.15, -0.1) is 0 Å². The van der Waals surface area contributed by atoms with Crippen LogP contribution in [0.25, 0.3) is 11.0 Å². The number of para-hydroxylation sites is 1. The number of hydrogen-bond donors (Lipinski definition) is 1. The molecule has 0 bridgehead atoms. The molecule has 0 spiro atoms. The monoisotopic (exact) mass is 289 g/mol. The van der Waals surface area contributed by atoms with Crippen molar-refractivity contribution < 1.29 is 8.81 Å². The molecule has 1 unspecified atom stereocenters. The summed E-state index contributed by atoms with van der Waals surface area (Å²) in [6.45, 7) is 0. The van der Waals surface area contributed by atoms with Gasteiger partial charge in [0.05, 0.1) is 6.04 Å². The number of hydrogen-bond acceptors (Lipinski definition) is 2. The molecule has 2 nitrogen and oxygen atoms in total. The zero-order valence-electron chi connectivity index (χ0n) is 10.9. The van der Waals surface area contributed by atoms with Gasteiger partial charge in [0.25, 0.3) is 0 Å². The van der Waals surface area contributed by atoms with E-state index in [1.165, 1.54) is 6.07 Å². The molecular formula is C16H13ClFNO. The van der Waals surface area contributed by atoms with Gasteiger partial charge in [0.15, 0.2) is 0 Å².